The summed E-state index contributed by atoms with van der Waals surface area (Å²) >= 11 is 0. The number of carbonyl (C=O) groups excluding carboxylic acids is 1. The first-order chi connectivity index (χ1) is 29.4. The van der Waals surface area contributed by atoms with Crippen molar-refractivity contribution in [3.8, 4) is 0 Å². The lowest BCUT2D eigenvalue weighted by Crippen LogP contribution is -2.45. The second-order valence-corrected chi connectivity index (χ2v) is 19.2. The van der Waals surface area contributed by atoms with Crippen LogP contribution in [0.15, 0.2) is 24.3 Å². The lowest BCUT2D eigenvalue weighted by molar-refractivity contribution is -0.123. The quantitative estimate of drug-likeness (QED) is 0.0272. The summed E-state index contributed by atoms with van der Waals surface area (Å²) in [5, 5.41) is 13.7. The molecular weight excluding hydrogens is 768 g/mol. The normalized spacial score (nSPS) is 14.0. The van der Waals surface area contributed by atoms with Gasteiger partial charge in [0.2, 0.25) is 5.91 Å². The van der Waals surface area contributed by atoms with Crippen molar-refractivity contribution in [2.45, 2.75) is 276 Å². The van der Waals surface area contributed by atoms with Crippen LogP contribution >= 0.6 is 7.82 Å². The fourth-order valence-electron chi connectivity index (χ4n) is 7.86. The van der Waals surface area contributed by atoms with Gasteiger partial charge in [-0.2, -0.15) is 0 Å². The number of phosphoric acid groups is 1. The third-order valence-corrected chi connectivity index (χ3v) is 12.8. The van der Waals surface area contributed by atoms with Gasteiger partial charge >= 0.3 is 7.82 Å². The minimum atomic E-state index is -4.35. The van der Waals surface area contributed by atoms with Crippen LogP contribution in [0, 0.1) is 0 Å². The van der Waals surface area contributed by atoms with Crippen LogP contribution < -0.4 is 11.1 Å². The van der Waals surface area contributed by atoms with Crippen molar-refractivity contribution in [3.05, 3.63) is 24.3 Å². The van der Waals surface area contributed by atoms with Gasteiger partial charge in [0.15, 0.2) is 0 Å². The molecule has 0 aliphatic heterocycles. The minimum absolute atomic E-state index is 0.0762. The van der Waals surface area contributed by atoms with Crippen molar-refractivity contribution in [2.75, 3.05) is 19.8 Å². The summed E-state index contributed by atoms with van der Waals surface area (Å²) in [7, 11) is -4.35. The highest BCUT2D eigenvalue weighted by Crippen LogP contribution is 2.43. The van der Waals surface area contributed by atoms with Crippen molar-refractivity contribution < 1.29 is 28.4 Å². The average molecular weight is 869 g/mol. The largest absolute Gasteiger partial charge is 0.472 e. The fourth-order valence-corrected chi connectivity index (χ4v) is 8.62. The number of allylic oxidation sites excluding steroid dienone is 3. The molecule has 0 aromatic carbocycles. The van der Waals surface area contributed by atoms with Gasteiger partial charge in [-0.3, -0.25) is 13.8 Å². The van der Waals surface area contributed by atoms with Crippen LogP contribution in [-0.4, -0.2) is 47.8 Å². The number of hydrogen-bond donors (Lipinski definition) is 4. The Morgan fingerprint density at radius 3 is 1.28 bits per heavy atom. The molecule has 0 aromatic heterocycles. The number of carbonyl (C=O) groups is 1. The summed E-state index contributed by atoms with van der Waals surface area (Å²) in [6.07, 6.45) is 56.8. The molecule has 356 valence electrons. The SMILES string of the molecule is CCCCCCCCCCCCCC/C=C/CC/C=C/C(O)C(COP(=O)(O)OCCN)NC(=O)CCCCCCCCCCCCCCCCCCCCCCCCC. The lowest BCUT2D eigenvalue weighted by atomic mass is 10.0. The monoisotopic (exact) mass is 869 g/mol. The standard InChI is InChI=1S/C51H101N2O6P/c1-3-5-7-9-11-13-15-17-19-21-23-24-25-26-27-29-31-33-35-37-39-41-43-45-51(55)53-49(48-59-60(56,57)58-47-46-52)50(54)44-42-40-38-36-34-32-30-28-22-20-18-16-14-12-10-8-6-4-2/h34,36,42,44,49-50,54H,3-33,35,37-41,43,45-48,52H2,1-2H3,(H,53,55)(H,56,57)/b36-34+,44-42+. The zero-order chi connectivity index (χ0) is 43.9. The summed E-state index contributed by atoms with van der Waals surface area (Å²) in [6.45, 7) is 4.16. The Balaban J connectivity index is 4.07. The van der Waals surface area contributed by atoms with Gasteiger partial charge in [0.25, 0.3) is 0 Å². The summed E-state index contributed by atoms with van der Waals surface area (Å²) in [5.74, 6) is -0.198. The second kappa shape index (κ2) is 47.5. The van der Waals surface area contributed by atoms with E-state index in [0.717, 1.165) is 38.5 Å². The number of aliphatic hydroxyl groups excluding tert-OH is 1. The smallest absolute Gasteiger partial charge is 0.387 e. The zero-order valence-electron chi connectivity index (χ0n) is 39.7. The number of unbranched alkanes of at least 4 members (excludes halogenated alkanes) is 35. The molecule has 0 rings (SSSR count). The molecule has 0 spiro atoms. The zero-order valence-corrected chi connectivity index (χ0v) is 40.6. The van der Waals surface area contributed by atoms with Gasteiger partial charge in [-0.25, -0.2) is 4.57 Å². The molecule has 3 unspecified atom stereocenters. The van der Waals surface area contributed by atoms with E-state index < -0.39 is 20.0 Å². The first kappa shape index (κ1) is 59.0. The number of rotatable bonds is 49. The van der Waals surface area contributed by atoms with Crippen LogP contribution in [0.4, 0.5) is 0 Å². The summed E-state index contributed by atoms with van der Waals surface area (Å²) in [5.41, 5.74) is 5.39. The Bertz CT molecular complexity index is 995. The molecule has 0 aliphatic rings. The average Bonchev–Trinajstić information content (AvgIpc) is 3.24. The predicted molar refractivity (Wildman–Crippen MR) is 258 cm³/mol. The molecular formula is C51H101N2O6P. The molecule has 0 bridgehead atoms. The minimum Gasteiger partial charge on any atom is -0.387 e. The number of nitrogens with two attached hydrogens (primary N) is 1. The maximum atomic E-state index is 12.8. The maximum Gasteiger partial charge on any atom is 0.472 e. The maximum absolute atomic E-state index is 12.8. The second-order valence-electron chi connectivity index (χ2n) is 17.7. The molecule has 9 heteroatoms. The van der Waals surface area contributed by atoms with Crippen LogP contribution in [0.1, 0.15) is 264 Å². The fraction of sp³-hybridized carbons (Fsp3) is 0.902. The van der Waals surface area contributed by atoms with Crippen molar-refractivity contribution in [1.29, 1.82) is 0 Å². The highest BCUT2D eigenvalue weighted by Gasteiger charge is 2.26. The first-order valence-corrected chi connectivity index (χ1v) is 27.5. The summed E-state index contributed by atoms with van der Waals surface area (Å²) < 4.78 is 22.2. The summed E-state index contributed by atoms with van der Waals surface area (Å²) in [4.78, 5) is 22.8. The Labute approximate surface area is 372 Å². The van der Waals surface area contributed by atoms with E-state index in [1.54, 1.807) is 6.08 Å². The number of hydrogen-bond acceptors (Lipinski definition) is 6. The number of amides is 1. The van der Waals surface area contributed by atoms with Crippen LogP contribution in [0.3, 0.4) is 0 Å². The molecule has 5 N–H and O–H groups in total. The summed E-state index contributed by atoms with van der Waals surface area (Å²) in [6, 6.07) is -0.874. The van der Waals surface area contributed by atoms with E-state index in [1.165, 1.54) is 205 Å². The van der Waals surface area contributed by atoms with Crippen molar-refractivity contribution in [2.24, 2.45) is 5.73 Å². The van der Waals surface area contributed by atoms with Crippen LogP contribution in [-0.2, 0) is 18.4 Å². The van der Waals surface area contributed by atoms with Crippen LogP contribution in [0.25, 0.3) is 0 Å². The van der Waals surface area contributed by atoms with E-state index in [9.17, 15) is 19.4 Å². The van der Waals surface area contributed by atoms with Gasteiger partial charge in [-0.05, 0) is 32.1 Å². The van der Waals surface area contributed by atoms with Gasteiger partial charge in [-0.1, -0.05) is 250 Å². The lowest BCUT2D eigenvalue weighted by Gasteiger charge is -2.23. The Morgan fingerprint density at radius 2 is 0.883 bits per heavy atom. The highest BCUT2D eigenvalue weighted by molar-refractivity contribution is 7.47. The number of aliphatic hydroxyl groups is 1. The molecule has 0 saturated carbocycles. The topological polar surface area (TPSA) is 131 Å². The van der Waals surface area contributed by atoms with E-state index in [0.29, 0.717) is 6.42 Å². The van der Waals surface area contributed by atoms with Gasteiger partial charge in [0.05, 0.1) is 25.4 Å². The first-order valence-electron chi connectivity index (χ1n) is 26.0. The van der Waals surface area contributed by atoms with Crippen LogP contribution in [0.2, 0.25) is 0 Å². The van der Waals surface area contributed by atoms with Gasteiger partial charge < -0.3 is 21.1 Å². The Kier molecular flexibility index (Phi) is 46.7. The van der Waals surface area contributed by atoms with Crippen molar-refractivity contribution in [3.63, 3.8) is 0 Å². The third kappa shape index (κ3) is 45.0. The Hall–Kier alpha value is -1.02. The molecule has 0 saturated heterocycles. The molecule has 60 heavy (non-hydrogen) atoms. The highest BCUT2D eigenvalue weighted by atomic mass is 31.2. The van der Waals surface area contributed by atoms with E-state index >= 15 is 0 Å². The molecule has 0 aliphatic carbocycles. The predicted octanol–water partition coefficient (Wildman–Crippen LogP) is 15.3. The van der Waals surface area contributed by atoms with Crippen molar-refractivity contribution in [1.82, 2.24) is 5.32 Å². The number of nitrogens with one attached hydrogen (secondary N) is 1. The number of phosphoric ester groups is 1. The molecule has 1 amide bonds. The van der Waals surface area contributed by atoms with E-state index in [4.69, 9.17) is 14.8 Å². The van der Waals surface area contributed by atoms with Gasteiger partial charge in [-0.15, -0.1) is 0 Å². The molecule has 3 atom stereocenters. The molecule has 0 fully saturated rings. The molecule has 0 aromatic rings. The Morgan fingerprint density at radius 1 is 0.533 bits per heavy atom. The molecule has 8 nitrogen and oxygen atoms in total. The van der Waals surface area contributed by atoms with E-state index in [2.05, 4.69) is 31.3 Å². The van der Waals surface area contributed by atoms with Crippen molar-refractivity contribution >= 4 is 13.7 Å². The van der Waals surface area contributed by atoms with Gasteiger partial charge in [0, 0.05) is 13.0 Å². The molecule has 0 heterocycles. The van der Waals surface area contributed by atoms with Crippen LogP contribution in [0.5, 0.6) is 0 Å². The third-order valence-electron chi connectivity index (χ3n) is 11.8. The van der Waals surface area contributed by atoms with E-state index in [-0.39, 0.29) is 25.7 Å². The van der Waals surface area contributed by atoms with Gasteiger partial charge in [0.1, 0.15) is 0 Å². The molecule has 0 radical (unpaired) electrons. The van der Waals surface area contributed by atoms with E-state index in [1.807, 2.05) is 6.08 Å².